The minimum absolute atomic E-state index is 0. The number of carbonyl (C=O) groups excluding carboxylic acids is 1. The van der Waals surface area contributed by atoms with E-state index in [1.807, 2.05) is 0 Å². The number of nitrogens with one attached hydrogen (secondary N) is 2. The van der Waals surface area contributed by atoms with Crippen LogP contribution in [0, 0.1) is 0 Å². The molecule has 2 N–H and O–H groups in total. The molecule has 0 aromatic heterocycles. The van der Waals surface area contributed by atoms with Crippen LogP contribution in [0.4, 0.5) is 0 Å². The predicted molar refractivity (Wildman–Crippen MR) is 98.4 cm³/mol. The van der Waals surface area contributed by atoms with Crippen molar-refractivity contribution in [3.63, 3.8) is 0 Å². The summed E-state index contributed by atoms with van der Waals surface area (Å²) in [6.45, 7) is 4.13. The lowest BCUT2D eigenvalue weighted by Gasteiger charge is -2.32. The van der Waals surface area contributed by atoms with Crippen LogP contribution in [0.3, 0.4) is 0 Å². The van der Waals surface area contributed by atoms with Gasteiger partial charge in [-0.15, -0.1) is 24.8 Å². The van der Waals surface area contributed by atoms with Gasteiger partial charge < -0.3 is 10.6 Å². The molecule has 0 saturated carbocycles. The van der Waals surface area contributed by atoms with Crippen molar-refractivity contribution in [1.82, 2.24) is 15.5 Å². The number of halogens is 2. The van der Waals surface area contributed by atoms with E-state index >= 15 is 0 Å². The van der Waals surface area contributed by atoms with Crippen LogP contribution in [0.25, 0.3) is 0 Å². The van der Waals surface area contributed by atoms with Crippen molar-refractivity contribution >= 4 is 30.7 Å². The van der Waals surface area contributed by atoms with Gasteiger partial charge in [-0.05, 0) is 37.8 Å². The Kier molecular flexibility index (Phi) is 8.92. The van der Waals surface area contributed by atoms with E-state index in [0.29, 0.717) is 6.04 Å². The van der Waals surface area contributed by atoms with Crippen LogP contribution in [-0.2, 0) is 11.3 Å². The first-order valence-electron chi connectivity index (χ1n) is 8.11. The smallest absolute Gasteiger partial charge is 0.237 e. The van der Waals surface area contributed by atoms with Crippen LogP contribution >= 0.6 is 24.8 Å². The molecule has 0 radical (unpaired) electrons. The molecule has 23 heavy (non-hydrogen) atoms. The van der Waals surface area contributed by atoms with Crippen LogP contribution in [0.2, 0.25) is 0 Å². The van der Waals surface area contributed by atoms with Crippen LogP contribution < -0.4 is 10.6 Å². The number of hydrogen-bond donors (Lipinski definition) is 2. The highest BCUT2D eigenvalue weighted by Gasteiger charge is 2.26. The second-order valence-electron chi connectivity index (χ2n) is 6.19. The Morgan fingerprint density at radius 1 is 1.13 bits per heavy atom. The third kappa shape index (κ3) is 5.96. The summed E-state index contributed by atoms with van der Waals surface area (Å²) in [5.74, 6) is 0.203. The molecule has 2 aliphatic rings. The van der Waals surface area contributed by atoms with E-state index in [1.54, 1.807) is 0 Å². The Morgan fingerprint density at radius 3 is 2.43 bits per heavy atom. The first-order valence-corrected chi connectivity index (χ1v) is 8.11. The second kappa shape index (κ2) is 10.1. The van der Waals surface area contributed by atoms with Gasteiger partial charge in [-0.1, -0.05) is 30.3 Å². The fraction of sp³-hybridized carbons (Fsp3) is 0.588. The van der Waals surface area contributed by atoms with Crippen molar-refractivity contribution < 1.29 is 4.79 Å². The molecule has 0 bridgehead atoms. The molecule has 0 unspecified atom stereocenters. The number of amides is 1. The molecule has 2 aliphatic heterocycles. The molecule has 3 rings (SSSR count). The van der Waals surface area contributed by atoms with E-state index in [9.17, 15) is 4.79 Å². The Balaban J connectivity index is 0.00000132. The van der Waals surface area contributed by atoms with Crippen molar-refractivity contribution in [3.05, 3.63) is 35.9 Å². The van der Waals surface area contributed by atoms with Crippen LogP contribution in [-0.4, -0.2) is 42.5 Å². The third-order valence-corrected chi connectivity index (χ3v) is 4.56. The molecule has 1 atom stereocenters. The highest BCUT2D eigenvalue weighted by molar-refractivity contribution is 5.85. The summed E-state index contributed by atoms with van der Waals surface area (Å²) >= 11 is 0. The van der Waals surface area contributed by atoms with Gasteiger partial charge in [-0.2, -0.15) is 0 Å². The van der Waals surface area contributed by atoms with Crippen molar-refractivity contribution in [2.75, 3.05) is 19.6 Å². The largest absolute Gasteiger partial charge is 0.352 e. The van der Waals surface area contributed by atoms with E-state index in [2.05, 4.69) is 45.9 Å². The van der Waals surface area contributed by atoms with Gasteiger partial charge in [0.05, 0.1) is 6.04 Å². The number of rotatable bonds is 4. The van der Waals surface area contributed by atoms with Crippen LogP contribution in [0.15, 0.2) is 30.3 Å². The number of hydrogen-bond acceptors (Lipinski definition) is 3. The van der Waals surface area contributed by atoms with Gasteiger partial charge in [0.15, 0.2) is 0 Å². The molecule has 2 heterocycles. The number of piperidine rings is 1. The topological polar surface area (TPSA) is 44.4 Å². The lowest BCUT2D eigenvalue weighted by molar-refractivity contribution is -0.123. The zero-order valence-corrected chi connectivity index (χ0v) is 15.0. The van der Waals surface area contributed by atoms with E-state index in [1.165, 1.54) is 5.56 Å². The summed E-state index contributed by atoms with van der Waals surface area (Å²) in [4.78, 5) is 14.6. The molecule has 2 saturated heterocycles. The van der Waals surface area contributed by atoms with Gasteiger partial charge in [0.2, 0.25) is 5.91 Å². The number of benzene rings is 1. The lowest BCUT2D eigenvalue weighted by atomic mass is 10.0. The summed E-state index contributed by atoms with van der Waals surface area (Å²) in [6, 6.07) is 11.0. The van der Waals surface area contributed by atoms with Gasteiger partial charge >= 0.3 is 0 Å². The maximum Gasteiger partial charge on any atom is 0.237 e. The minimum Gasteiger partial charge on any atom is -0.352 e. The van der Waals surface area contributed by atoms with Crippen molar-refractivity contribution in [1.29, 1.82) is 0 Å². The molecule has 130 valence electrons. The average Bonchev–Trinajstić information content (AvgIpc) is 3.05. The van der Waals surface area contributed by atoms with Crippen molar-refractivity contribution in [3.8, 4) is 0 Å². The Bertz CT molecular complexity index is 458. The average molecular weight is 360 g/mol. The van der Waals surface area contributed by atoms with E-state index in [-0.39, 0.29) is 36.8 Å². The zero-order chi connectivity index (χ0) is 14.5. The molecular formula is C17H27Cl2N3O. The van der Waals surface area contributed by atoms with Gasteiger partial charge in [0.25, 0.3) is 0 Å². The van der Waals surface area contributed by atoms with Crippen LogP contribution in [0.1, 0.15) is 31.2 Å². The Labute approximate surface area is 151 Å². The number of likely N-dealkylation sites (tertiary alicyclic amines) is 1. The van der Waals surface area contributed by atoms with E-state index in [0.717, 1.165) is 51.9 Å². The Morgan fingerprint density at radius 2 is 1.83 bits per heavy atom. The highest BCUT2D eigenvalue weighted by Crippen LogP contribution is 2.14. The SMILES string of the molecule is Cl.Cl.O=C(NC1CCN(Cc2ccccc2)CC1)[C@@H]1CCCN1. The van der Waals surface area contributed by atoms with Gasteiger partial charge in [0.1, 0.15) is 0 Å². The summed E-state index contributed by atoms with van der Waals surface area (Å²) in [5.41, 5.74) is 1.37. The van der Waals surface area contributed by atoms with E-state index < -0.39 is 0 Å². The molecule has 0 spiro atoms. The fourth-order valence-corrected chi connectivity index (χ4v) is 3.29. The number of carbonyl (C=O) groups is 1. The molecule has 1 amide bonds. The molecule has 0 aliphatic carbocycles. The summed E-state index contributed by atoms with van der Waals surface area (Å²) < 4.78 is 0. The maximum atomic E-state index is 12.1. The molecule has 6 heteroatoms. The maximum absolute atomic E-state index is 12.1. The van der Waals surface area contributed by atoms with Crippen molar-refractivity contribution in [2.45, 2.75) is 44.3 Å². The second-order valence-corrected chi connectivity index (χ2v) is 6.19. The van der Waals surface area contributed by atoms with Gasteiger partial charge in [0, 0.05) is 25.7 Å². The van der Waals surface area contributed by atoms with Gasteiger partial charge in [-0.3, -0.25) is 9.69 Å². The lowest BCUT2D eigenvalue weighted by Crippen LogP contribution is -2.49. The number of nitrogens with zero attached hydrogens (tertiary/aromatic N) is 1. The summed E-state index contributed by atoms with van der Waals surface area (Å²) in [6.07, 6.45) is 4.23. The van der Waals surface area contributed by atoms with Crippen molar-refractivity contribution in [2.24, 2.45) is 0 Å². The first-order chi connectivity index (χ1) is 10.3. The normalized spacial score (nSPS) is 22.0. The molecule has 4 nitrogen and oxygen atoms in total. The monoisotopic (exact) mass is 359 g/mol. The van der Waals surface area contributed by atoms with Gasteiger partial charge in [-0.25, -0.2) is 0 Å². The van der Waals surface area contributed by atoms with Crippen LogP contribution in [0.5, 0.6) is 0 Å². The minimum atomic E-state index is 0. The fourth-order valence-electron chi connectivity index (χ4n) is 3.29. The highest BCUT2D eigenvalue weighted by atomic mass is 35.5. The first kappa shape index (κ1) is 20.2. The summed E-state index contributed by atoms with van der Waals surface area (Å²) in [7, 11) is 0. The molecule has 1 aromatic rings. The quantitative estimate of drug-likeness (QED) is 0.867. The zero-order valence-electron chi connectivity index (χ0n) is 13.4. The standard InChI is InChI=1S/C17H25N3O.2ClH/c21-17(16-7-4-10-18-16)19-15-8-11-20(12-9-15)13-14-5-2-1-3-6-14;;/h1-3,5-6,15-16,18H,4,7-13H2,(H,19,21);2*1H/t16-;;/m0../s1. The Hall–Kier alpha value is -0.810. The van der Waals surface area contributed by atoms with E-state index in [4.69, 9.17) is 0 Å². The predicted octanol–water partition coefficient (Wildman–Crippen LogP) is 2.36. The third-order valence-electron chi connectivity index (χ3n) is 4.56. The molecular weight excluding hydrogens is 333 g/mol. The molecule has 1 aromatic carbocycles. The molecule has 2 fully saturated rings. The summed E-state index contributed by atoms with van der Waals surface area (Å²) in [5, 5.41) is 6.48.